The SMILES string of the molecule is CCC(C)CN(C)C[C@@H](C)N. The molecule has 0 aromatic carbocycles. The molecule has 2 N–H and O–H groups in total. The molecule has 0 aromatic heterocycles. The van der Waals surface area contributed by atoms with Crippen molar-refractivity contribution in [3.8, 4) is 0 Å². The number of hydrogen-bond donors (Lipinski definition) is 1. The summed E-state index contributed by atoms with van der Waals surface area (Å²) in [5.41, 5.74) is 5.67. The Labute approximate surface area is 70.8 Å². The van der Waals surface area contributed by atoms with Crippen molar-refractivity contribution in [3.05, 3.63) is 0 Å². The molecule has 0 aromatic rings. The van der Waals surface area contributed by atoms with E-state index in [9.17, 15) is 0 Å². The van der Waals surface area contributed by atoms with Gasteiger partial charge in [-0.1, -0.05) is 20.3 Å². The highest BCUT2D eigenvalue weighted by Gasteiger charge is 2.05. The van der Waals surface area contributed by atoms with E-state index in [0.717, 1.165) is 19.0 Å². The highest BCUT2D eigenvalue weighted by Crippen LogP contribution is 2.02. The molecule has 2 nitrogen and oxygen atoms in total. The van der Waals surface area contributed by atoms with Crippen LogP contribution in [0.25, 0.3) is 0 Å². The van der Waals surface area contributed by atoms with Gasteiger partial charge in [0, 0.05) is 19.1 Å². The summed E-state index contributed by atoms with van der Waals surface area (Å²) >= 11 is 0. The van der Waals surface area contributed by atoms with Crippen LogP contribution in [0.1, 0.15) is 27.2 Å². The van der Waals surface area contributed by atoms with Crippen LogP contribution in [-0.2, 0) is 0 Å². The smallest absolute Gasteiger partial charge is 0.0139 e. The van der Waals surface area contributed by atoms with Gasteiger partial charge >= 0.3 is 0 Å². The molecule has 0 fully saturated rings. The minimum absolute atomic E-state index is 0.295. The minimum Gasteiger partial charge on any atom is -0.327 e. The Balaban J connectivity index is 3.43. The van der Waals surface area contributed by atoms with Gasteiger partial charge in [0.2, 0.25) is 0 Å². The monoisotopic (exact) mass is 158 g/mol. The normalized spacial score (nSPS) is 16.9. The van der Waals surface area contributed by atoms with Crippen molar-refractivity contribution in [2.45, 2.75) is 33.2 Å². The van der Waals surface area contributed by atoms with E-state index < -0.39 is 0 Å². The van der Waals surface area contributed by atoms with Gasteiger partial charge < -0.3 is 10.6 Å². The Bertz CT molecular complexity index is 91.6. The first-order valence-electron chi connectivity index (χ1n) is 4.50. The van der Waals surface area contributed by atoms with E-state index in [0.29, 0.717) is 6.04 Å². The van der Waals surface area contributed by atoms with Crippen LogP contribution in [0.15, 0.2) is 0 Å². The summed E-state index contributed by atoms with van der Waals surface area (Å²) in [6.45, 7) is 8.72. The number of hydrogen-bond acceptors (Lipinski definition) is 2. The molecule has 2 heteroatoms. The predicted molar refractivity (Wildman–Crippen MR) is 50.6 cm³/mol. The topological polar surface area (TPSA) is 29.3 Å². The first-order valence-corrected chi connectivity index (χ1v) is 4.50. The van der Waals surface area contributed by atoms with Gasteiger partial charge in [-0.15, -0.1) is 0 Å². The lowest BCUT2D eigenvalue weighted by molar-refractivity contribution is 0.271. The summed E-state index contributed by atoms with van der Waals surface area (Å²) < 4.78 is 0. The van der Waals surface area contributed by atoms with E-state index in [2.05, 4.69) is 25.8 Å². The number of rotatable bonds is 5. The van der Waals surface area contributed by atoms with Crippen LogP contribution >= 0.6 is 0 Å². The van der Waals surface area contributed by atoms with Crippen LogP contribution in [0.3, 0.4) is 0 Å². The minimum atomic E-state index is 0.295. The van der Waals surface area contributed by atoms with E-state index in [1.54, 1.807) is 0 Å². The molecule has 0 amide bonds. The first kappa shape index (κ1) is 10.9. The summed E-state index contributed by atoms with van der Waals surface area (Å²) in [5.74, 6) is 0.791. The van der Waals surface area contributed by atoms with Crippen molar-refractivity contribution in [3.63, 3.8) is 0 Å². The molecule has 0 saturated heterocycles. The Hall–Kier alpha value is -0.0800. The molecule has 1 unspecified atom stereocenters. The fraction of sp³-hybridized carbons (Fsp3) is 1.00. The second kappa shape index (κ2) is 5.56. The van der Waals surface area contributed by atoms with Crippen molar-refractivity contribution in [2.75, 3.05) is 20.1 Å². The average Bonchev–Trinajstić information content (AvgIpc) is 1.85. The van der Waals surface area contributed by atoms with Gasteiger partial charge in [-0.3, -0.25) is 0 Å². The maximum atomic E-state index is 5.67. The summed E-state index contributed by atoms with van der Waals surface area (Å²) in [4.78, 5) is 2.30. The lowest BCUT2D eigenvalue weighted by Crippen LogP contribution is -2.35. The summed E-state index contributed by atoms with van der Waals surface area (Å²) in [5, 5.41) is 0. The zero-order valence-corrected chi connectivity index (χ0v) is 8.30. The van der Waals surface area contributed by atoms with Crippen LogP contribution < -0.4 is 5.73 Å². The quantitative estimate of drug-likeness (QED) is 0.653. The largest absolute Gasteiger partial charge is 0.327 e. The second-order valence-electron chi connectivity index (χ2n) is 3.71. The maximum absolute atomic E-state index is 5.67. The van der Waals surface area contributed by atoms with Crippen LogP contribution in [-0.4, -0.2) is 31.1 Å². The predicted octanol–water partition coefficient (Wildman–Crippen LogP) is 1.31. The van der Waals surface area contributed by atoms with E-state index in [1.165, 1.54) is 6.42 Å². The van der Waals surface area contributed by atoms with Crippen molar-refractivity contribution in [1.82, 2.24) is 4.90 Å². The molecular formula is C9H22N2. The second-order valence-corrected chi connectivity index (χ2v) is 3.71. The molecule has 0 saturated carbocycles. The number of nitrogens with two attached hydrogens (primary N) is 1. The van der Waals surface area contributed by atoms with Gasteiger partial charge in [-0.2, -0.15) is 0 Å². The lowest BCUT2D eigenvalue weighted by Gasteiger charge is -2.21. The van der Waals surface area contributed by atoms with Crippen LogP contribution in [0.4, 0.5) is 0 Å². The van der Waals surface area contributed by atoms with Gasteiger partial charge in [0.25, 0.3) is 0 Å². The zero-order chi connectivity index (χ0) is 8.85. The van der Waals surface area contributed by atoms with Crippen molar-refractivity contribution in [2.24, 2.45) is 11.7 Å². The number of nitrogens with zero attached hydrogens (tertiary/aromatic N) is 1. The van der Waals surface area contributed by atoms with Crippen molar-refractivity contribution < 1.29 is 0 Å². The third-order valence-electron chi connectivity index (χ3n) is 1.92. The van der Waals surface area contributed by atoms with Crippen LogP contribution in [0, 0.1) is 5.92 Å². The summed E-state index contributed by atoms with van der Waals surface area (Å²) in [7, 11) is 2.13. The standard InChI is InChI=1S/C9H22N2/c1-5-8(2)6-11(4)7-9(3)10/h8-9H,5-7,10H2,1-4H3/t8?,9-/m1/s1. The van der Waals surface area contributed by atoms with Crippen LogP contribution in [0.5, 0.6) is 0 Å². The molecule has 0 heterocycles. The van der Waals surface area contributed by atoms with Gasteiger partial charge in [0.1, 0.15) is 0 Å². The Kier molecular flexibility index (Phi) is 5.51. The van der Waals surface area contributed by atoms with Crippen molar-refractivity contribution in [1.29, 1.82) is 0 Å². The Morgan fingerprint density at radius 3 is 2.18 bits per heavy atom. The molecule has 0 spiro atoms. The molecule has 0 bridgehead atoms. The fourth-order valence-corrected chi connectivity index (χ4v) is 1.23. The average molecular weight is 158 g/mol. The van der Waals surface area contributed by atoms with Gasteiger partial charge in [-0.25, -0.2) is 0 Å². The van der Waals surface area contributed by atoms with Gasteiger partial charge in [-0.05, 0) is 19.9 Å². The molecule has 0 radical (unpaired) electrons. The maximum Gasteiger partial charge on any atom is 0.0139 e. The molecule has 11 heavy (non-hydrogen) atoms. The van der Waals surface area contributed by atoms with E-state index in [4.69, 9.17) is 5.73 Å². The third kappa shape index (κ3) is 6.32. The molecule has 0 aliphatic rings. The van der Waals surface area contributed by atoms with Gasteiger partial charge in [0.15, 0.2) is 0 Å². The highest BCUT2D eigenvalue weighted by molar-refractivity contribution is 4.62. The molecule has 0 rings (SSSR count). The molecule has 2 atom stereocenters. The first-order chi connectivity index (χ1) is 5.06. The molecular weight excluding hydrogens is 136 g/mol. The third-order valence-corrected chi connectivity index (χ3v) is 1.92. The van der Waals surface area contributed by atoms with Crippen LogP contribution in [0.2, 0.25) is 0 Å². The van der Waals surface area contributed by atoms with Crippen molar-refractivity contribution >= 4 is 0 Å². The molecule has 68 valence electrons. The number of likely N-dealkylation sites (N-methyl/N-ethyl adjacent to an activating group) is 1. The lowest BCUT2D eigenvalue weighted by atomic mass is 10.1. The van der Waals surface area contributed by atoms with E-state index in [-0.39, 0.29) is 0 Å². The molecule has 0 aliphatic carbocycles. The Morgan fingerprint density at radius 2 is 1.82 bits per heavy atom. The summed E-state index contributed by atoms with van der Waals surface area (Å²) in [6.07, 6.45) is 1.25. The van der Waals surface area contributed by atoms with E-state index in [1.807, 2.05) is 6.92 Å². The fourth-order valence-electron chi connectivity index (χ4n) is 1.23. The zero-order valence-electron chi connectivity index (χ0n) is 8.30. The molecule has 0 aliphatic heterocycles. The van der Waals surface area contributed by atoms with Gasteiger partial charge in [0.05, 0.1) is 0 Å². The Morgan fingerprint density at radius 1 is 1.27 bits per heavy atom. The highest BCUT2D eigenvalue weighted by atomic mass is 15.1. The van der Waals surface area contributed by atoms with E-state index >= 15 is 0 Å². The summed E-state index contributed by atoms with van der Waals surface area (Å²) in [6, 6.07) is 0.295.